The van der Waals surface area contributed by atoms with E-state index < -0.39 is 0 Å². The second-order valence-corrected chi connectivity index (χ2v) is 8.02. The third-order valence-electron chi connectivity index (χ3n) is 6.18. The van der Waals surface area contributed by atoms with Crippen LogP contribution >= 0.6 is 0 Å². The summed E-state index contributed by atoms with van der Waals surface area (Å²) in [5.41, 5.74) is 6.45. The van der Waals surface area contributed by atoms with Crippen molar-refractivity contribution in [2.24, 2.45) is 23.0 Å². The summed E-state index contributed by atoms with van der Waals surface area (Å²) in [6.07, 6.45) is 10.2. The molecular weight excluding hydrogens is 260 g/mol. The van der Waals surface area contributed by atoms with Crippen molar-refractivity contribution in [1.29, 1.82) is 0 Å². The van der Waals surface area contributed by atoms with Crippen LogP contribution in [-0.2, 0) is 4.79 Å². The molecule has 3 nitrogen and oxygen atoms in total. The summed E-state index contributed by atoms with van der Waals surface area (Å²) < 4.78 is 0. The molecule has 1 amide bonds. The van der Waals surface area contributed by atoms with E-state index in [-0.39, 0.29) is 17.9 Å². The first kappa shape index (κ1) is 16.8. The van der Waals surface area contributed by atoms with Crippen molar-refractivity contribution in [2.45, 2.75) is 90.6 Å². The summed E-state index contributed by atoms with van der Waals surface area (Å²) in [4.78, 5) is 12.4. The topological polar surface area (TPSA) is 55.1 Å². The Hall–Kier alpha value is -0.570. The number of nitrogens with one attached hydrogen (secondary N) is 1. The summed E-state index contributed by atoms with van der Waals surface area (Å²) in [5.74, 6) is 1.25. The van der Waals surface area contributed by atoms with E-state index in [0.29, 0.717) is 11.5 Å². The number of hydrogen-bond donors (Lipinski definition) is 2. The molecule has 0 aromatic rings. The summed E-state index contributed by atoms with van der Waals surface area (Å²) in [6, 6.07) is 0.634. The van der Waals surface area contributed by atoms with Gasteiger partial charge in [0.05, 0.1) is 0 Å². The van der Waals surface area contributed by atoms with E-state index in [1.807, 2.05) is 0 Å². The van der Waals surface area contributed by atoms with Crippen molar-refractivity contribution in [3.63, 3.8) is 0 Å². The molecule has 3 heteroatoms. The Morgan fingerprint density at radius 3 is 2.38 bits per heavy atom. The largest absolute Gasteiger partial charge is 0.353 e. The van der Waals surface area contributed by atoms with E-state index in [0.717, 1.165) is 44.4 Å². The molecular formula is C18H34N2O. The van der Waals surface area contributed by atoms with Crippen LogP contribution in [0.3, 0.4) is 0 Å². The highest BCUT2D eigenvalue weighted by atomic mass is 16.1. The minimum Gasteiger partial charge on any atom is -0.353 e. The summed E-state index contributed by atoms with van der Waals surface area (Å²) in [6.45, 7) is 7.07. The van der Waals surface area contributed by atoms with Crippen molar-refractivity contribution in [3.05, 3.63) is 0 Å². The van der Waals surface area contributed by atoms with Crippen molar-refractivity contribution in [2.75, 3.05) is 0 Å². The average Bonchev–Trinajstić information content (AvgIpc) is 2.48. The predicted molar refractivity (Wildman–Crippen MR) is 87.9 cm³/mol. The molecule has 2 saturated carbocycles. The molecule has 2 rings (SSSR count). The Labute approximate surface area is 130 Å². The van der Waals surface area contributed by atoms with Gasteiger partial charge in [-0.2, -0.15) is 0 Å². The van der Waals surface area contributed by atoms with Gasteiger partial charge >= 0.3 is 0 Å². The molecule has 2 atom stereocenters. The third kappa shape index (κ3) is 4.45. The number of carbonyl (C=O) groups is 1. The van der Waals surface area contributed by atoms with Crippen molar-refractivity contribution >= 4 is 5.91 Å². The monoisotopic (exact) mass is 294 g/mol. The molecule has 3 N–H and O–H groups in total. The first-order valence-corrected chi connectivity index (χ1v) is 8.98. The average molecular weight is 294 g/mol. The quantitative estimate of drug-likeness (QED) is 0.832. The van der Waals surface area contributed by atoms with Crippen LogP contribution in [0.15, 0.2) is 0 Å². The first-order chi connectivity index (χ1) is 9.92. The first-order valence-electron chi connectivity index (χ1n) is 8.98. The zero-order valence-electron chi connectivity index (χ0n) is 14.2. The fourth-order valence-corrected chi connectivity index (χ4v) is 4.09. The van der Waals surface area contributed by atoms with Gasteiger partial charge in [-0.3, -0.25) is 4.79 Å². The molecule has 0 aliphatic heterocycles. The van der Waals surface area contributed by atoms with Crippen LogP contribution in [0, 0.1) is 17.3 Å². The number of carbonyl (C=O) groups excluding carboxylic acids is 1. The second-order valence-electron chi connectivity index (χ2n) is 8.02. The van der Waals surface area contributed by atoms with E-state index in [1.54, 1.807) is 0 Å². The lowest BCUT2D eigenvalue weighted by molar-refractivity contribution is -0.127. The zero-order valence-corrected chi connectivity index (χ0v) is 14.2. The molecule has 2 unspecified atom stereocenters. The highest BCUT2D eigenvalue weighted by Crippen LogP contribution is 2.40. The second kappa shape index (κ2) is 7.13. The summed E-state index contributed by atoms with van der Waals surface area (Å²) in [5, 5.41) is 3.30. The fourth-order valence-electron chi connectivity index (χ4n) is 4.09. The van der Waals surface area contributed by atoms with Crippen molar-refractivity contribution in [3.8, 4) is 0 Å². The molecule has 0 saturated heterocycles. The summed E-state index contributed by atoms with van der Waals surface area (Å²) >= 11 is 0. The maximum atomic E-state index is 12.4. The molecule has 2 fully saturated rings. The maximum absolute atomic E-state index is 12.4. The van der Waals surface area contributed by atoms with Gasteiger partial charge in [-0.25, -0.2) is 0 Å². The van der Waals surface area contributed by atoms with Gasteiger partial charge in [0.1, 0.15) is 0 Å². The van der Waals surface area contributed by atoms with Gasteiger partial charge in [0, 0.05) is 18.0 Å². The smallest absolute Gasteiger partial charge is 0.223 e. The molecule has 0 spiro atoms. The predicted octanol–water partition coefficient (Wildman–Crippen LogP) is 3.62. The molecule has 0 radical (unpaired) electrons. The molecule has 2 aliphatic carbocycles. The fraction of sp³-hybridized carbons (Fsp3) is 0.944. The van der Waals surface area contributed by atoms with E-state index >= 15 is 0 Å². The SMILES string of the molecule is CCC(C)(C)C1CCC(NC(=O)C2CCCC(N)C2)CC1. The minimum atomic E-state index is 0.165. The third-order valence-corrected chi connectivity index (χ3v) is 6.18. The Bertz CT molecular complexity index is 345. The highest BCUT2D eigenvalue weighted by molar-refractivity contribution is 5.79. The number of hydrogen-bond acceptors (Lipinski definition) is 2. The minimum absolute atomic E-state index is 0.165. The van der Waals surface area contributed by atoms with E-state index in [9.17, 15) is 4.79 Å². The van der Waals surface area contributed by atoms with Crippen LogP contribution in [0.25, 0.3) is 0 Å². The molecule has 0 heterocycles. The molecule has 2 aliphatic rings. The lowest BCUT2D eigenvalue weighted by Crippen LogP contribution is -2.44. The van der Waals surface area contributed by atoms with Crippen molar-refractivity contribution in [1.82, 2.24) is 5.32 Å². The van der Waals surface area contributed by atoms with E-state index in [1.165, 1.54) is 19.3 Å². The van der Waals surface area contributed by atoms with Crippen LogP contribution < -0.4 is 11.1 Å². The van der Waals surface area contributed by atoms with Crippen LogP contribution in [0.1, 0.15) is 78.6 Å². The number of nitrogens with two attached hydrogens (primary N) is 1. The molecule has 0 aromatic carbocycles. The van der Waals surface area contributed by atoms with Gasteiger partial charge < -0.3 is 11.1 Å². The van der Waals surface area contributed by atoms with Gasteiger partial charge in [-0.05, 0) is 56.3 Å². The lowest BCUT2D eigenvalue weighted by Gasteiger charge is -2.39. The Morgan fingerprint density at radius 2 is 1.81 bits per heavy atom. The standard InChI is InChI=1S/C18H34N2O/c1-4-18(2,3)14-8-10-16(11-9-14)20-17(21)13-6-5-7-15(19)12-13/h13-16H,4-12,19H2,1-3H3,(H,20,21). The Kier molecular flexibility index (Phi) is 5.70. The van der Waals surface area contributed by atoms with Crippen LogP contribution in [0.2, 0.25) is 0 Å². The van der Waals surface area contributed by atoms with Gasteiger partial charge in [-0.1, -0.05) is 33.6 Å². The van der Waals surface area contributed by atoms with Gasteiger partial charge in [0.15, 0.2) is 0 Å². The van der Waals surface area contributed by atoms with Crippen LogP contribution in [-0.4, -0.2) is 18.0 Å². The normalized spacial score (nSPS) is 34.5. The maximum Gasteiger partial charge on any atom is 0.223 e. The van der Waals surface area contributed by atoms with Gasteiger partial charge in [0.2, 0.25) is 5.91 Å². The molecule has 0 aromatic heterocycles. The Balaban J connectivity index is 1.77. The number of rotatable bonds is 4. The van der Waals surface area contributed by atoms with Crippen molar-refractivity contribution < 1.29 is 4.79 Å². The zero-order chi connectivity index (χ0) is 15.5. The van der Waals surface area contributed by atoms with Crippen LogP contribution in [0.4, 0.5) is 0 Å². The molecule has 21 heavy (non-hydrogen) atoms. The highest BCUT2D eigenvalue weighted by Gasteiger charge is 2.33. The van der Waals surface area contributed by atoms with E-state index in [2.05, 4.69) is 26.1 Å². The molecule has 0 bridgehead atoms. The van der Waals surface area contributed by atoms with E-state index in [4.69, 9.17) is 5.73 Å². The number of amides is 1. The molecule has 122 valence electrons. The summed E-state index contributed by atoms with van der Waals surface area (Å²) in [7, 11) is 0. The lowest BCUT2D eigenvalue weighted by atomic mass is 9.69. The Morgan fingerprint density at radius 1 is 1.14 bits per heavy atom. The van der Waals surface area contributed by atoms with Crippen LogP contribution in [0.5, 0.6) is 0 Å². The van der Waals surface area contributed by atoms with Gasteiger partial charge in [-0.15, -0.1) is 0 Å². The van der Waals surface area contributed by atoms with Gasteiger partial charge in [0.25, 0.3) is 0 Å².